The van der Waals surface area contributed by atoms with Gasteiger partial charge in [-0.25, -0.2) is 8.78 Å². The number of amides is 2. The second kappa shape index (κ2) is 6.01. The first-order chi connectivity index (χ1) is 9.88. The minimum Gasteiger partial charge on any atom is -0.366 e. The van der Waals surface area contributed by atoms with Gasteiger partial charge in [-0.1, -0.05) is 0 Å². The number of anilines is 1. The Balaban J connectivity index is 2.28. The van der Waals surface area contributed by atoms with E-state index in [0.717, 1.165) is 18.2 Å². The van der Waals surface area contributed by atoms with Gasteiger partial charge in [-0.05, 0) is 52.3 Å². The molecule has 0 aliphatic rings. The van der Waals surface area contributed by atoms with E-state index in [-0.39, 0.29) is 21.3 Å². The van der Waals surface area contributed by atoms with E-state index < -0.39 is 23.4 Å². The molecule has 0 saturated heterocycles. The summed E-state index contributed by atoms with van der Waals surface area (Å²) >= 11 is 2.95. The van der Waals surface area contributed by atoms with Crippen LogP contribution in [0.4, 0.5) is 14.5 Å². The molecule has 0 fully saturated rings. The van der Waals surface area contributed by atoms with Crippen molar-refractivity contribution >= 4 is 33.4 Å². The molecule has 0 saturated carbocycles. The minimum absolute atomic E-state index is 0.0620. The highest BCUT2D eigenvalue weighted by Gasteiger charge is 2.13. The van der Waals surface area contributed by atoms with Crippen LogP contribution >= 0.6 is 15.9 Å². The van der Waals surface area contributed by atoms with Crippen LogP contribution in [0.15, 0.2) is 40.9 Å². The third-order valence-electron chi connectivity index (χ3n) is 2.68. The molecule has 21 heavy (non-hydrogen) atoms. The summed E-state index contributed by atoms with van der Waals surface area (Å²) in [6, 6.07) is 6.99. The van der Waals surface area contributed by atoms with Gasteiger partial charge in [-0.3, -0.25) is 9.59 Å². The van der Waals surface area contributed by atoms with Crippen LogP contribution in [0.1, 0.15) is 20.7 Å². The van der Waals surface area contributed by atoms with Crippen molar-refractivity contribution in [1.82, 2.24) is 0 Å². The van der Waals surface area contributed by atoms with E-state index in [2.05, 4.69) is 21.2 Å². The number of halogens is 3. The lowest BCUT2D eigenvalue weighted by atomic mass is 10.1. The summed E-state index contributed by atoms with van der Waals surface area (Å²) < 4.78 is 26.8. The molecule has 0 spiro atoms. The number of primary amides is 1. The van der Waals surface area contributed by atoms with Gasteiger partial charge in [0.2, 0.25) is 5.91 Å². The summed E-state index contributed by atoms with van der Waals surface area (Å²) in [5, 5.41) is 2.30. The van der Waals surface area contributed by atoms with Crippen LogP contribution in [0, 0.1) is 11.6 Å². The Morgan fingerprint density at radius 1 is 1.00 bits per heavy atom. The van der Waals surface area contributed by atoms with Gasteiger partial charge in [0.05, 0.1) is 10.2 Å². The number of hydrogen-bond acceptors (Lipinski definition) is 2. The van der Waals surface area contributed by atoms with E-state index in [4.69, 9.17) is 5.73 Å². The van der Waals surface area contributed by atoms with Gasteiger partial charge in [0.15, 0.2) is 0 Å². The fraction of sp³-hybridized carbons (Fsp3) is 0. The Bertz CT molecular complexity index is 735. The zero-order chi connectivity index (χ0) is 15.6. The van der Waals surface area contributed by atoms with Crippen LogP contribution in [-0.2, 0) is 0 Å². The molecule has 0 radical (unpaired) electrons. The Labute approximate surface area is 127 Å². The van der Waals surface area contributed by atoms with Crippen LogP contribution in [0.3, 0.4) is 0 Å². The molecule has 0 atom stereocenters. The minimum atomic E-state index is -0.741. The maximum absolute atomic E-state index is 13.6. The molecule has 0 unspecified atom stereocenters. The quantitative estimate of drug-likeness (QED) is 0.888. The first-order valence-electron chi connectivity index (χ1n) is 5.74. The molecule has 0 heterocycles. The van der Waals surface area contributed by atoms with E-state index in [1.165, 1.54) is 18.2 Å². The first kappa shape index (κ1) is 15.1. The van der Waals surface area contributed by atoms with Gasteiger partial charge >= 0.3 is 0 Å². The molecule has 2 rings (SSSR count). The zero-order valence-corrected chi connectivity index (χ0v) is 12.1. The number of carbonyl (C=O) groups is 2. The van der Waals surface area contributed by atoms with Crippen molar-refractivity contribution < 1.29 is 18.4 Å². The van der Waals surface area contributed by atoms with Crippen molar-refractivity contribution in [2.24, 2.45) is 5.73 Å². The van der Waals surface area contributed by atoms with Gasteiger partial charge in [0, 0.05) is 11.1 Å². The SMILES string of the molecule is NC(=O)c1ccc(F)c(NC(=O)c2ccc(F)c(Br)c2)c1. The van der Waals surface area contributed by atoms with Crippen LogP contribution in [0.25, 0.3) is 0 Å². The van der Waals surface area contributed by atoms with Crippen molar-refractivity contribution in [2.75, 3.05) is 5.32 Å². The van der Waals surface area contributed by atoms with Gasteiger partial charge in [-0.15, -0.1) is 0 Å². The number of hydrogen-bond donors (Lipinski definition) is 2. The molecule has 0 bridgehead atoms. The van der Waals surface area contributed by atoms with Crippen LogP contribution < -0.4 is 11.1 Å². The highest BCUT2D eigenvalue weighted by Crippen LogP contribution is 2.20. The highest BCUT2D eigenvalue weighted by atomic mass is 79.9. The molecule has 4 nitrogen and oxygen atoms in total. The van der Waals surface area contributed by atoms with E-state index in [0.29, 0.717) is 0 Å². The molecule has 2 aromatic rings. The lowest BCUT2D eigenvalue weighted by Crippen LogP contribution is -2.15. The van der Waals surface area contributed by atoms with Crippen molar-refractivity contribution in [3.63, 3.8) is 0 Å². The summed E-state index contributed by atoms with van der Waals surface area (Å²) in [4.78, 5) is 23.0. The molecule has 3 N–H and O–H groups in total. The maximum Gasteiger partial charge on any atom is 0.255 e. The third-order valence-corrected chi connectivity index (χ3v) is 3.29. The van der Waals surface area contributed by atoms with Crippen molar-refractivity contribution in [3.05, 3.63) is 63.6 Å². The Morgan fingerprint density at radius 2 is 1.62 bits per heavy atom. The molecular formula is C14H9BrF2N2O2. The number of carbonyl (C=O) groups excluding carboxylic acids is 2. The monoisotopic (exact) mass is 354 g/mol. The van der Waals surface area contributed by atoms with Crippen LogP contribution in [-0.4, -0.2) is 11.8 Å². The van der Waals surface area contributed by atoms with E-state index in [9.17, 15) is 18.4 Å². The van der Waals surface area contributed by atoms with E-state index in [1.54, 1.807) is 0 Å². The molecule has 2 amide bonds. The van der Waals surface area contributed by atoms with Crippen LogP contribution in [0.5, 0.6) is 0 Å². The number of benzene rings is 2. The number of nitrogens with one attached hydrogen (secondary N) is 1. The molecule has 2 aromatic carbocycles. The number of nitrogens with two attached hydrogens (primary N) is 1. The topological polar surface area (TPSA) is 72.2 Å². The Kier molecular flexibility index (Phi) is 4.32. The second-order valence-electron chi connectivity index (χ2n) is 4.14. The molecule has 0 aromatic heterocycles. The van der Waals surface area contributed by atoms with E-state index in [1.807, 2.05) is 0 Å². The Hall–Kier alpha value is -2.28. The van der Waals surface area contributed by atoms with Crippen molar-refractivity contribution in [2.45, 2.75) is 0 Å². The fourth-order valence-corrected chi connectivity index (χ4v) is 1.98. The fourth-order valence-electron chi connectivity index (χ4n) is 1.61. The van der Waals surface area contributed by atoms with E-state index >= 15 is 0 Å². The summed E-state index contributed by atoms with van der Waals surface area (Å²) in [6.45, 7) is 0. The first-order valence-corrected chi connectivity index (χ1v) is 6.53. The lowest BCUT2D eigenvalue weighted by molar-refractivity contribution is 0.0996. The van der Waals surface area contributed by atoms with Gasteiger partial charge in [0.25, 0.3) is 5.91 Å². The summed E-state index contributed by atoms with van der Waals surface area (Å²) in [6.07, 6.45) is 0. The summed E-state index contributed by atoms with van der Waals surface area (Å²) in [5.41, 5.74) is 5.10. The van der Waals surface area contributed by atoms with Crippen molar-refractivity contribution in [1.29, 1.82) is 0 Å². The smallest absolute Gasteiger partial charge is 0.255 e. The third kappa shape index (κ3) is 3.43. The molecule has 0 aliphatic heterocycles. The second-order valence-corrected chi connectivity index (χ2v) is 5.00. The predicted molar refractivity (Wildman–Crippen MR) is 77.0 cm³/mol. The predicted octanol–water partition coefficient (Wildman–Crippen LogP) is 3.08. The van der Waals surface area contributed by atoms with Crippen molar-refractivity contribution in [3.8, 4) is 0 Å². The van der Waals surface area contributed by atoms with Gasteiger partial charge in [-0.2, -0.15) is 0 Å². The van der Waals surface area contributed by atoms with Gasteiger partial charge < -0.3 is 11.1 Å². The van der Waals surface area contributed by atoms with Gasteiger partial charge in [0.1, 0.15) is 11.6 Å². The normalized spacial score (nSPS) is 10.2. The summed E-state index contributed by atoms with van der Waals surface area (Å²) in [5.74, 6) is -2.62. The molecule has 7 heteroatoms. The lowest BCUT2D eigenvalue weighted by Gasteiger charge is -2.08. The molecular weight excluding hydrogens is 346 g/mol. The summed E-state index contributed by atoms with van der Waals surface area (Å²) in [7, 11) is 0. The largest absolute Gasteiger partial charge is 0.366 e. The molecule has 0 aliphatic carbocycles. The van der Waals surface area contributed by atoms with Crippen LogP contribution in [0.2, 0.25) is 0 Å². The standard InChI is InChI=1S/C14H9BrF2N2O2/c15-9-5-8(2-3-10(9)16)14(21)19-12-6-7(13(18)20)1-4-11(12)17/h1-6H,(H2,18,20)(H,19,21). The molecule has 108 valence electrons. The average molecular weight is 355 g/mol. The zero-order valence-electron chi connectivity index (χ0n) is 10.5. The average Bonchev–Trinajstić information content (AvgIpc) is 2.43. The maximum atomic E-state index is 13.6. The number of rotatable bonds is 3. The Morgan fingerprint density at radius 3 is 2.24 bits per heavy atom. The highest BCUT2D eigenvalue weighted by molar-refractivity contribution is 9.10.